The number of nitrogens with one attached hydrogen (secondary N) is 1. The maximum absolute atomic E-state index is 13.1. The number of rotatable bonds is 6. The molecule has 0 radical (unpaired) electrons. The van der Waals surface area contributed by atoms with Crippen molar-refractivity contribution in [1.29, 1.82) is 0 Å². The lowest BCUT2D eigenvalue weighted by Gasteiger charge is -2.26. The zero-order chi connectivity index (χ0) is 19.2. The van der Waals surface area contributed by atoms with E-state index in [-0.39, 0.29) is 24.0 Å². The summed E-state index contributed by atoms with van der Waals surface area (Å²) in [7, 11) is 1.74. The summed E-state index contributed by atoms with van der Waals surface area (Å²) in [5, 5.41) is 2.96. The molecule has 27 heavy (non-hydrogen) atoms. The highest BCUT2D eigenvalue weighted by atomic mass is 19.1. The average molecular weight is 370 g/mol. The van der Waals surface area contributed by atoms with Gasteiger partial charge in [-0.1, -0.05) is 30.3 Å². The van der Waals surface area contributed by atoms with E-state index >= 15 is 0 Å². The number of amides is 2. The highest BCUT2D eigenvalue weighted by molar-refractivity contribution is 5.74. The molecule has 1 unspecified atom stereocenters. The normalized spacial score (nSPS) is 15.4. The molecule has 1 fully saturated rings. The summed E-state index contributed by atoms with van der Waals surface area (Å²) in [5.41, 5.74) is 1.86. The number of hydrogen-bond acceptors (Lipinski definition) is 2. The molecule has 1 N–H and O–H groups in total. The Balaban J connectivity index is 1.59. The second-order valence-electron chi connectivity index (χ2n) is 7.13. The predicted octanol–water partition coefficient (Wildman–Crippen LogP) is 5.05. The Bertz CT molecular complexity index is 757. The molecule has 1 atom stereocenters. The SMILES string of the molecule is CC(c1ccc(F)cc1)N(C)C(=O)NCc1ccccc1OC1CCCC1. The van der Waals surface area contributed by atoms with Gasteiger partial charge in [-0.3, -0.25) is 0 Å². The molecule has 0 aliphatic heterocycles. The number of para-hydroxylation sites is 1. The molecule has 4 nitrogen and oxygen atoms in total. The molecular formula is C22H27FN2O2. The Labute approximate surface area is 160 Å². The molecule has 0 spiro atoms. The van der Waals surface area contributed by atoms with E-state index in [0.717, 1.165) is 29.7 Å². The molecule has 0 heterocycles. The molecule has 2 aromatic carbocycles. The van der Waals surface area contributed by atoms with Crippen molar-refractivity contribution < 1.29 is 13.9 Å². The quantitative estimate of drug-likeness (QED) is 0.773. The van der Waals surface area contributed by atoms with Crippen molar-refractivity contribution in [2.75, 3.05) is 7.05 Å². The van der Waals surface area contributed by atoms with Gasteiger partial charge in [0.15, 0.2) is 0 Å². The summed E-state index contributed by atoms with van der Waals surface area (Å²) in [6.45, 7) is 2.33. The van der Waals surface area contributed by atoms with Crippen LogP contribution < -0.4 is 10.1 Å². The van der Waals surface area contributed by atoms with Crippen LogP contribution in [-0.2, 0) is 6.54 Å². The summed E-state index contributed by atoms with van der Waals surface area (Å²) in [6.07, 6.45) is 4.91. The van der Waals surface area contributed by atoms with Gasteiger partial charge in [-0.2, -0.15) is 0 Å². The Morgan fingerprint density at radius 2 is 1.85 bits per heavy atom. The maximum Gasteiger partial charge on any atom is 0.317 e. The van der Waals surface area contributed by atoms with E-state index in [2.05, 4.69) is 5.32 Å². The van der Waals surface area contributed by atoms with Gasteiger partial charge in [0.1, 0.15) is 11.6 Å². The predicted molar refractivity (Wildman–Crippen MR) is 104 cm³/mol. The van der Waals surface area contributed by atoms with E-state index < -0.39 is 0 Å². The summed E-state index contributed by atoms with van der Waals surface area (Å²) >= 11 is 0. The van der Waals surface area contributed by atoms with Gasteiger partial charge in [-0.05, 0) is 56.4 Å². The Hall–Kier alpha value is -2.56. The molecule has 2 aromatic rings. The lowest BCUT2D eigenvalue weighted by molar-refractivity contribution is 0.192. The first-order valence-corrected chi connectivity index (χ1v) is 9.55. The van der Waals surface area contributed by atoms with Crippen molar-refractivity contribution >= 4 is 6.03 Å². The van der Waals surface area contributed by atoms with Crippen LogP contribution in [0.1, 0.15) is 49.8 Å². The van der Waals surface area contributed by atoms with Gasteiger partial charge in [0, 0.05) is 19.2 Å². The molecule has 5 heteroatoms. The van der Waals surface area contributed by atoms with Crippen LogP contribution in [0.15, 0.2) is 48.5 Å². The van der Waals surface area contributed by atoms with E-state index in [1.807, 2.05) is 31.2 Å². The van der Waals surface area contributed by atoms with Crippen molar-refractivity contribution in [3.63, 3.8) is 0 Å². The summed E-state index contributed by atoms with van der Waals surface area (Å²) < 4.78 is 19.2. The summed E-state index contributed by atoms with van der Waals surface area (Å²) in [5.74, 6) is 0.566. The number of halogens is 1. The molecule has 0 saturated heterocycles. The molecule has 0 aromatic heterocycles. The number of hydrogen-bond donors (Lipinski definition) is 1. The Kier molecular flexibility index (Phi) is 6.32. The van der Waals surface area contributed by atoms with Gasteiger partial charge in [-0.25, -0.2) is 9.18 Å². The molecule has 1 aliphatic carbocycles. The number of nitrogens with zero attached hydrogens (tertiary/aromatic N) is 1. The van der Waals surface area contributed by atoms with Gasteiger partial charge in [0.2, 0.25) is 0 Å². The van der Waals surface area contributed by atoms with Crippen LogP contribution in [0.2, 0.25) is 0 Å². The molecular weight excluding hydrogens is 343 g/mol. The number of ether oxygens (including phenoxy) is 1. The monoisotopic (exact) mass is 370 g/mol. The van der Waals surface area contributed by atoms with E-state index in [0.29, 0.717) is 6.54 Å². The highest BCUT2D eigenvalue weighted by Gasteiger charge is 2.19. The van der Waals surface area contributed by atoms with Crippen LogP contribution in [0.3, 0.4) is 0 Å². The summed E-state index contributed by atoms with van der Waals surface area (Å²) in [4.78, 5) is 14.2. The molecule has 144 valence electrons. The first-order chi connectivity index (χ1) is 13.0. The minimum Gasteiger partial charge on any atom is -0.490 e. The van der Waals surface area contributed by atoms with Gasteiger partial charge in [-0.15, -0.1) is 0 Å². The van der Waals surface area contributed by atoms with Crippen LogP contribution in [0.5, 0.6) is 5.75 Å². The number of carbonyl (C=O) groups is 1. The number of urea groups is 1. The van der Waals surface area contributed by atoms with E-state index in [1.165, 1.54) is 25.0 Å². The van der Waals surface area contributed by atoms with Crippen molar-refractivity contribution in [3.8, 4) is 5.75 Å². The largest absolute Gasteiger partial charge is 0.490 e. The average Bonchev–Trinajstić information content (AvgIpc) is 3.19. The van der Waals surface area contributed by atoms with Crippen LogP contribution in [0.25, 0.3) is 0 Å². The van der Waals surface area contributed by atoms with Crippen molar-refractivity contribution in [2.24, 2.45) is 0 Å². The van der Waals surface area contributed by atoms with E-state index in [1.54, 1.807) is 24.1 Å². The topological polar surface area (TPSA) is 41.6 Å². The lowest BCUT2D eigenvalue weighted by Crippen LogP contribution is -2.38. The molecule has 0 bridgehead atoms. The second kappa shape index (κ2) is 8.89. The molecule has 3 rings (SSSR count). The highest BCUT2D eigenvalue weighted by Crippen LogP contribution is 2.26. The third-order valence-corrected chi connectivity index (χ3v) is 5.25. The Morgan fingerprint density at radius 3 is 2.56 bits per heavy atom. The fraction of sp³-hybridized carbons (Fsp3) is 0.409. The fourth-order valence-electron chi connectivity index (χ4n) is 3.39. The molecule has 1 aliphatic rings. The van der Waals surface area contributed by atoms with Crippen molar-refractivity contribution in [1.82, 2.24) is 10.2 Å². The smallest absolute Gasteiger partial charge is 0.317 e. The molecule has 1 saturated carbocycles. The fourth-order valence-corrected chi connectivity index (χ4v) is 3.39. The van der Waals surface area contributed by atoms with Gasteiger partial charge in [0.05, 0.1) is 12.1 Å². The zero-order valence-corrected chi connectivity index (χ0v) is 16.0. The third kappa shape index (κ3) is 5.00. The van der Waals surface area contributed by atoms with Crippen LogP contribution in [-0.4, -0.2) is 24.1 Å². The van der Waals surface area contributed by atoms with Crippen LogP contribution in [0, 0.1) is 5.82 Å². The first kappa shape index (κ1) is 19.2. The minimum absolute atomic E-state index is 0.157. The van der Waals surface area contributed by atoms with Gasteiger partial charge in [0.25, 0.3) is 0 Å². The standard InChI is InChI=1S/C22H27FN2O2/c1-16(17-11-13-19(23)14-12-17)25(2)22(26)24-15-18-7-3-6-10-21(18)27-20-8-4-5-9-20/h3,6-7,10-14,16,20H,4-5,8-9,15H2,1-2H3,(H,24,26). The summed E-state index contributed by atoms with van der Waals surface area (Å²) in [6, 6.07) is 13.7. The minimum atomic E-state index is -0.281. The van der Waals surface area contributed by atoms with E-state index in [4.69, 9.17) is 4.74 Å². The zero-order valence-electron chi connectivity index (χ0n) is 16.0. The lowest BCUT2D eigenvalue weighted by atomic mass is 10.1. The molecule has 2 amide bonds. The van der Waals surface area contributed by atoms with Crippen molar-refractivity contribution in [3.05, 3.63) is 65.5 Å². The van der Waals surface area contributed by atoms with Gasteiger partial charge < -0.3 is 15.0 Å². The van der Waals surface area contributed by atoms with E-state index in [9.17, 15) is 9.18 Å². The second-order valence-corrected chi connectivity index (χ2v) is 7.13. The van der Waals surface area contributed by atoms with Crippen LogP contribution in [0.4, 0.5) is 9.18 Å². The van der Waals surface area contributed by atoms with Crippen molar-refractivity contribution in [2.45, 2.75) is 51.3 Å². The number of carbonyl (C=O) groups excluding carboxylic acids is 1. The first-order valence-electron chi connectivity index (χ1n) is 9.55. The van der Waals surface area contributed by atoms with Gasteiger partial charge >= 0.3 is 6.03 Å². The van der Waals surface area contributed by atoms with Crippen LogP contribution >= 0.6 is 0 Å². The maximum atomic E-state index is 13.1. The Morgan fingerprint density at radius 1 is 1.19 bits per heavy atom. The number of benzene rings is 2. The third-order valence-electron chi connectivity index (χ3n) is 5.25.